The summed E-state index contributed by atoms with van der Waals surface area (Å²) in [5.74, 6) is -0.382. The highest BCUT2D eigenvalue weighted by atomic mass is 32.2. The molecule has 3 aromatic rings. The van der Waals surface area contributed by atoms with Crippen molar-refractivity contribution in [3.8, 4) is 0 Å². The van der Waals surface area contributed by atoms with Crippen LogP contribution in [-0.2, 0) is 10.0 Å². The molecule has 36 heavy (non-hydrogen) atoms. The first-order chi connectivity index (χ1) is 17.2. The van der Waals surface area contributed by atoms with Crippen LogP contribution in [0.25, 0.3) is 11.2 Å². The van der Waals surface area contributed by atoms with Gasteiger partial charge in [0.15, 0.2) is 5.65 Å². The maximum atomic E-state index is 14.4. The largest absolute Gasteiger partial charge is 0.351 e. The Kier molecular flexibility index (Phi) is 7.07. The number of hydrogen-bond acceptors (Lipinski definition) is 7. The Bertz CT molecular complexity index is 1330. The van der Waals surface area contributed by atoms with Gasteiger partial charge in [0.05, 0.1) is 18.1 Å². The smallest absolute Gasteiger partial charge is 0.224 e. The Morgan fingerprint density at radius 2 is 1.69 bits per heavy atom. The summed E-state index contributed by atoms with van der Waals surface area (Å²) in [6, 6.07) is 3.67. The van der Waals surface area contributed by atoms with Crippen LogP contribution in [0.4, 0.5) is 26.4 Å². The molecule has 194 valence electrons. The summed E-state index contributed by atoms with van der Waals surface area (Å²) in [6.45, 7) is 0. The normalized spacial score (nSPS) is 21.5. The Balaban J connectivity index is 1.39. The Hall–Kier alpha value is -2.86. The monoisotopic (exact) mass is 519 g/mol. The third-order valence-electron chi connectivity index (χ3n) is 6.99. The number of rotatable bonds is 7. The first-order valence-electron chi connectivity index (χ1n) is 12.5. The van der Waals surface area contributed by atoms with Crippen molar-refractivity contribution in [2.24, 2.45) is 0 Å². The molecule has 5 rings (SSSR count). The second-order valence-electron chi connectivity index (χ2n) is 9.83. The van der Waals surface area contributed by atoms with E-state index in [1.807, 2.05) is 4.57 Å². The fourth-order valence-corrected chi connectivity index (χ4v) is 6.13. The number of aromatic nitrogens is 4. The second kappa shape index (κ2) is 10.3. The number of benzene rings is 1. The molecule has 0 atom stereocenters. The lowest BCUT2D eigenvalue weighted by atomic mass is 9.92. The van der Waals surface area contributed by atoms with E-state index in [9.17, 15) is 17.2 Å². The number of nitrogens with one attached hydrogen (secondary N) is 3. The van der Waals surface area contributed by atoms with Gasteiger partial charge in [-0.2, -0.15) is 4.98 Å². The van der Waals surface area contributed by atoms with Crippen LogP contribution in [0.1, 0.15) is 63.8 Å². The minimum Gasteiger partial charge on any atom is -0.351 e. The van der Waals surface area contributed by atoms with E-state index in [1.165, 1.54) is 24.8 Å². The minimum atomic E-state index is -3.22. The van der Waals surface area contributed by atoms with Gasteiger partial charge in [-0.15, -0.1) is 0 Å². The van der Waals surface area contributed by atoms with E-state index in [-0.39, 0.29) is 23.8 Å². The molecule has 0 amide bonds. The number of nitrogens with zero attached hydrogens (tertiary/aromatic N) is 4. The molecule has 9 nitrogen and oxygen atoms in total. The summed E-state index contributed by atoms with van der Waals surface area (Å²) < 4.78 is 55.5. The fraction of sp³-hybridized carbons (Fsp3) is 0.542. The van der Waals surface area contributed by atoms with Crippen molar-refractivity contribution in [1.82, 2.24) is 24.2 Å². The summed E-state index contributed by atoms with van der Waals surface area (Å²) in [5.41, 5.74) is 1.41. The van der Waals surface area contributed by atoms with Crippen molar-refractivity contribution in [3.05, 3.63) is 36.0 Å². The Morgan fingerprint density at radius 3 is 2.39 bits per heavy atom. The molecule has 0 radical (unpaired) electrons. The van der Waals surface area contributed by atoms with Crippen LogP contribution in [0.5, 0.6) is 0 Å². The zero-order chi connectivity index (χ0) is 25.3. The molecule has 2 fully saturated rings. The van der Waals surface area contributed by atoms with E-state index in [2.05, 4.69) is 25.3 Å². The van der Waals surface area contributed by atoms with Gasteiger partial charge in [-0.3, -0.25) is 4.57 Å². The topological polar surface area (TPSA) is 114 Å². The van der Waals surface area contributed by atoms with Gasteiger partial charge in [-0.1, -0.05) is 19.3 Å². The van der Waals surface area contributed by atoms with Gasteiger partial charge >= 0.3 is 0 Å². The third kappa shape index (κ3) is 5.75. The predicted octanol–water partition coefficient (Wildman–Crippen LogP) is 4.63. The highest BCUT2D eigenvalue weighted by molar-refractivity contribution is 7.88. The summed E-state index contributed by atoms with van der Waals surface area (Å²) in [7, 11) is -3.22. The minimum absolute atomic E-state index is 0.0466. The standard InChI is InChI=1S/C24H31F2N7O2S/c1-36(34,35)32-17-10-8-16(9-11-17)28-23-27-14-21-22(31-23)33(18-5-3-2-4-6-18)24(30-21)29-20-12-7-15(25)13-19(20)26/h7,12-14,16-18,32H,2-6,8-11H2,1H3,(H,29,30)(H,27,28,31)/t16-,17-. The lowest BCUT2D eigenvalue weighted by Gasteiger charge is -2.29. The maximum Gasteiger partial charge on any atom is 0.224 e. The average Bonchev–Trinajstić information content (AvgIpc) is 3.19. The average molecular weight is 520 g/mol. The predicted molar refractivity (Wildman–Crippen MR) is 135 cm³/mol. The SMILES string of the molecule is CS(=O)(=O)N[C@H]1CC[C@H](Nc2ncc3nc(Nc4ccc(F)cc4F)n(C4CCCCC4)c3n2)CC1. The van der Waals surface area contributed by atoms with Gasteiger partial charge < -0.3 is 10.6 Å². The van der Waals surface area contributed by atoms with Gasteiger partial charge in [-0.05, 0) is 50.7 Å². The number of sulfonamides is 1. The van der Waals surface area contributed by atoms with Crippen LogP contribution in [0.15, 0.2) is 24.4 Å². The molecule has 2 saturated carbocycles. The quantitative estimate of drug-likeness (QED) is 0.417. The van der Waals surface area contributed by atoms with Crippen molar-refractivity contribution < 1.29 is 17.2 Å². The van der Waals surface area contributed by atoms with E-state index in [0.29, 0.717) is 23.1 Å². The number of halogens is 2. The zero-order valence-corrected chi connectivity index (χ0v) is 21.0. The molecule has 2 aromatic heterocycles. The van der Waals surface area contributed by atoms with Crippen molar-refractivity contribution in [2.45, 2.75) is 75.9 Å². The van der Waals surface area contributed by atoms with Gasteiger partial charge in [0.2, 0.25) is 21.9 Å². The molecule has 0 bridgehead atoms. The summed E-state index contributed by atoms with van der Waals surface area (Å²) >= 11 is 0. The molecule has 1 aromatic carbocycles. The maximum absolute atomic E-state index is 14.4. The van der Waals surface area contributed by atoms with Crippen LogP contribution < -0.4 is 15.4 Å². The van der Waals surface area contributed by atoms with Crippen molar-refractivity contribution in [3.63, 3.8) is 0 Å². The number of imidazole rings is 1. The molecular weight excluding hydrogens is 488 g/mol. The highest BCUT2D eigenvalue weighted by Crippen LogP contribution is 2.35. The fourth-order valence-electron chi connectivity index (χ4n) is 5.29. The first kappa shape index (κ1) is 24.8. The molecule has 0 unspecified atom stereocenters. The van der Waals surface area contributed by atoms with Gasteiger partial charge in [0.1, 0.15) is 17.2 Å². The van der Waals surface area contributed by atoms with E-state index in [0.717, 1.165) is 57.4 Å². The van der Waals surface area contributed by atoms with E-state index >= 15 is 0 Å². The molecule has 0 aliphatic heterocycles. The molecule has 0 saturated heterocycles. The summed E-state index contributed by atoms with van der Waals surface area (Å²) in [5, 5.41) is 6.44. The summed E-state index contributed by atoms with van der Waals surface area (Å²) in [6.07, 6.45) is 11.2. The van der Waals surface area contributed by atoms with Gasteiger partial charge in [0.25, 0.3) is 0 Å². The van der Waals surface area contributed by atoms with Gasteiger partial charge in [-0.25, -0.2) is 31.9 Å². The van der Waals surface area contributed by atoms with Crippen molar-refractivity contribution >= 4 is 38.8 Å². The van der Waals surface area contributed by atoms with Gasteiger partial charge in [0, 0.05) is 24.2 Å². The molecule has 2 aliphatic rings. The lowest BCUT2D eigenvalue weighted by Crippen LogP contribution is -2.39. The van der Waals surface area contributed by atoms with E-state index in [4.69, 9.17) is 4.98 Å². The van der Waals surface area contributed by atoms with Crippen LogP contribution >= 0.6 is 0 Å². The van der Waals surface area contributed by atoms with Crippen LogP contribution in [0.3, 0.4) is 0 Å². The molecule has 3 N–H and O–H groups in total. The first-order valence-corrected chi connectivity index (χ1v) is 14.4. The Labute approximate surface area is 209 Å². The second-order valence-corrected chi connectivity index (χ2v) is 11.6. The Morgan fingerprint density at radius 1 is 0.972 bits per heavy atom. The zero-order valence-electron chi connectivity index (χ0n) is 20.2. The van der Waals surface area contributed by atoms with Crippen LogP contribution in [0, 0.1) is 11.6 Å². The van der Waals surface area contributed by atoms with Crippen molar-refractivity contribution in [1.29, 1.82) is 0 Å². The summed E-state index contributed by atoms with van der Waals surface area (Å²) in [4.78, 5) is 13.9. The molecule has 2 heterocycles. The third-order valence-corrected chi connectivity index (χ3v) is 7.75. The highest BCUT2D eigenvalue weighted by Gasteiger charge is 2.26. The number of fused-ring (bicyclic) bond motifs is 1. The van der Waals surface area contributed by atoms with Crippen LogP contribution in [0.2, 0.25) is 0 Å². The van der Waals surface area contributed by atoms with E-state index < -0.39 is 21.7 Å². The number of hydrogen-bond donors (Lipinski definition) is 3. The van der Waals surface area contributed by atoms with Crippen molar-refractivity contribution in [2.75, 3.05) is 16.9 Å². The lowest BCUT2D eigenvalue weighted by molar-refractivity contribution is 0.361. The van der Waals surface area contributed by atoms with Crippen LogP contribution in [-0.4, -0.2) is 46.3 Å². The molecular formula is C24H31F2N7O2S. The van der Waals surface area contributed by atoms with E-state index in [1.54, 1.807) is 6.20 Å². The molecule has 12 heteroatoms. The molecule has 0 spiro atoms. The molecule has 2 aliphatic carbocycles. The number of anilines is 3.